The topological polar surface area (TPSA) is 25.2 Å². The second-order valence-corrected chi connectivity index (χ2v) is 6.02. The van der Waals surface area contributed by atoms with Gasteiger partial charge in [0.25, 0.3) is 0 Å². The summed E-state index contributed by atoms with van der Waals surface area (Å²) in [6.07, 6.45) is 6.05. The summed E-state index contributed by atoms with van der Waals surface area (Å²) in [5.41, 5.74) is 1.37. The zero-order chi connectivity index (χ0) is 14.2. The average molecular weight is 336 g/mol. The van der Waals surface area contributed by atoms with Gasteiger partial charge in [0.05, 0.1) is 6.26 Å². The lowest BCUT2D eigenvalue weighted by Gasteiger charge is -2.18. The molecule has 0 amide bonds. The molecule has 0 spiro atoms. The van der Waals surface area contributed by atoms with Gasteiger partial charge in [-0.05, 0) is 55.6 Å². The number of aryl methyl sites for hydroxylation is 1. The molecular weight excluding hydrogens is 314 g/mol. The first kappa shape index (κ1) is 15.3. The number of furan rings is 1. The molecule has 1 atom stereocenters. The maximum atomic E-state index is 5.42. The van der Waals surface area contributed by atoms with Crippen molar-refractivity contribution in [2.45, 2.75) is 38.6 Å². The summed E-state index contributed by atoms with van der Waals surface area (Å²) >= 11 is 3.54. The van der Waals surface area contributed by atoms with Gasteiger partial charge in [-0.1, -0.05) is 35.0 Å². The Labute approximate surface area is 129 Å². The molecule has 1 N–H and O–H groups in total. The van der Waals surface area contributed by atoms with Gasteiger partial charge in [0.1, 0.15) is 5.76 Å². The lowest BCUT2D eigenvalue weighted by molar-refractivity contribution is 0.441. The molecule has 2 rings (SSSR count). The highest BCUT2D eigenvalue weighted by Gasteiger charge is 2.10. The Hall–Kier alpha value is -1.06. The second kappa shape index (κ2) is 8.28. The molecule has 108 valence electrons. The summed E-state index contributed by atoms with van der Waals surface area (Å²) in [4.78, 5) is 0. The van der Waals surface area contributed by atoms with Gasteiger partial charge in [-0.25, -0.2) is 0 Å². The van der Waals surface area contributed by atoms with Crippen LogP contribution in [0.5, 0.6) is 0 Å². The second-order valence-electron chi connectivity index (χ2n) is 5.10. The van der Waals surface area contributed by atoms with Crippen LogP contribution in [0.15, 0.2) is 51.6 Å². The SMILES string of the molecule is CCCNC(CCc1ccco1)Cc1cccc(Br)c1. The van der Waals surface area contributed by atoms with Gasteiger partial charge < -0.3 is 9.73 Å². The summed E-state index contributed by atoms with van der Waals surface area (Å²) in [5.74, 6) is 1.07. The van der Waals surface area contributed by atoms with Crippen LogP contribution >= 0.6 is 15.9 Å². The van der Waals surface area contributed by atoms with Crippen LogP contribution in [-0.2, 0) is 12.8 Å². The maximum absolute atomic E-state index is 5.42. The van der Waals surface area contributed by atoms with Crippen molar-refractivity contribution >= 4 is 15.9 Å². The lowest BCUT2D eigenvalue weighted by atomic mass is 10.0. The van der Waals surface area contributed by atoms with Crippen LogP contribution in [0.2, 0.25) is 0 Å². The van der Waals surface area contributed by atoms with E-state index in [4.69, 9.17) is 4.42 Å². The molecule has 0 aliphatic rings. The third-order valence-electron chi connectivity index (χ3n) is 3.37. The van der Waals surface area contributed by atoms with E-state index in [1.165, 1.54) is 5.56 Å². The number of rotatable bonds is 8. The van der Waals surface area contributed by atoms with Crippen molar-refractivity contribution in [2.24, 2.45) is 0 Å². The first-order valence-electron chi connectivity index (χ1n) is 7.28. The predicted molar refractivity (Wildman–Crippen MR) is 87.0 cm³/mol. The van der Waals surface area contributed by atoms with Gasteiger partial charge in [-0.2, -0.15) is 0 Å². The van der Waals surface area contributed by atoms with E-state index >= 15 is 0 Å². The fourth-order valence-corrected chi connectivity index (χ4v) is 2.79. The number of nitrogens with one attached hydrogen (secondary N) is 1. The van der Waals surface area contributed by atoms with E-state index in [1.807, 2.05) is 6.07 Å². The van der Waals surface area contributed by atoms with E-state index in [9.17, 15) is 0 Å². The molecule has 1 unspecified atom stereocenters. The van der Waals surface area contributed by atoms with Crippen molar-refractivity contribution in [3.8, 4) is 0 Å². The van der Waals surface area contributed by atoms with Crippen molar-refractivity contribution in [3.63, 3.8) is 0 Å². The standard InChI is InChI=1S/C17H22BrNO/c1-2-10-19-16(8-9-17-7-4-11-20-17)13-14-5-3-6-15(18)12-14/h3-7,11-12,16,19H,2,8-10,13H2,1H3. The van der Waals surface area contributed by atoms with Crippen LogP contribution in [0.3, 0.4) is 0 Å². The molecule has 0 fully saturated rings. The molecule has 1 aromatic carbocycles. The summed E-state index contributed by atoms with van der Waals surface area (Å²) in [6.45, 7) is 3.27. The molecule has 0 aliphatic carbocycles. The van der Waals surface area contributed by atoms with Crippen LogP contribution in [0, 0.1) is 0 Å². The number of hydrogen-bond acceptors (Lipinski definition) is 2. The Morgan fingerprint density at radius 2 is 2.15 bits per heavy atom. The Bertz CT molecular complexity index is 495. The number of halogens is 1. The Balaban J connectivity index is 1.92. The van der Waals surface area contributed by atoms with Crippen LogP contribution < -0.4 is 5.32 Å². The van der Waals surface area contributed by atoms with Crippen LogP contribution in [0.4, 0.5) is 0 Å². The van der Waals surface area contributed by atoms with E-state index in [2.05, 4.69) is 58.5 Å². The minimum absolute atomic E-state index is 0.495. The molecule has 2 nitrogen and oxygen atoms in total. The van der Waals surface area contributed by atoms with Gasteiger partial charge >= 0.3 is 0 Å². The molecule has 2 aromatic rings. The van der Waals surface area contributed by atoms with Crippen molar-refractivity contribution in [3.05, 3.63) is 58.5 Å². The van der Waals surface area contributed by atoms with E-state index < -0.39 is 0 Å². The van der Waals surface area contributed by atoms with Crippen LogP contribution in [0.25, 0.3) is 0 Å². The third kappa shape index (κ3) is 5.14. The van der Waals surface area contributed by atoms with Gasteiger partial charge in [-0.15, -0.1) is 0 Å². The molecule has 0 aliphatic heterocycles. The minimum atomic E-state index is 0.495. The molecule has 20 heavy (non-hydrogen) atoms. The Morgan fingerprint density at radius 3 is 2.85 bits per heavy atom. The molecule has 0 saturated carbocycles. The zero-order valence-electron chi connectivity index (χ0n) is 11.9. The largest absolute Gasteiger partial charge is 0.469 e. The fraction of sp³-hybridized carbons (Fsp3) is 0.412. The quantitative estimate of drug-likeness (QED) is 0.763. The summed E-state index contributed by atoms with van der Waals surface area (Å²) in [6, 6.07) is 13.1. The third-order valence-corrected chi connectivity index (χ3v) is 3.87. The van der Waals surface area contributed by atoms with Gasteiger partial charge in [0.15, 0.2) is 0 Å². The molecule has 0 radical (unpaired) electrons. The lowest BCUT2D eigenvalue weighted by Crippen LogP contribution is -2.32. The Morgan fingerprint density at radius 1 is 1.25 bits per heavy atom. The highest BCUT2D eigenvalue weighted by Crippen LogP contribution is 2.15. The van der Waals surface area contributed by atoms with Crippen molar-refractivity contribution in [1.29, 1.82) is 0 Å². The molecule has 0 bridgehead atoms. The highest BCUT2D eigenvalue weighted by atomic mass is 79.9. The first-order valence-corrected chi connectivity index (χ1v) is 8.07. The monoisotopic (exact) mass is 335 g/mol. The van der Waals surface area contributed by atoms with Gasteiger partial charge in [0.2, 0.25) is 0 Å². The van der Waals surface area contributed by atoms with Crippen molar-refractivity contribution in [1.82, 2.24) is 5.32 Å². The van der Waals surface area contributed by atoms with E-state index in [0.717, 1.165) is 42.5 Å². The van der Waals surface area contributed by atoms with E-state index in [1.54, 1.807) is 6.26 Å². The average Bonchev–Trinajstić information content (AvgIpc) is 2.95. The first-order chi connectivity index (χ1) is 9.78. The molecule has 1 heterocycles. The predicted octanol–water partition coefficient (Wildman–Crippen LogP) is 4.59. The molecular formula is C17H22BrNO. The molecule has 1 aromatic heterocycles. The highest BCUT2D eigenvalue weighted by molar-refractivity contribution is 9.10. The summed E-state index contributed by atoms with van der Waals surface area (Å²) in [7, 11) is 0. The van der Waals surface area contributed by atoms with Crippen LogP contribution in [0.1, 0.15) is 31.1 Å². The molecule has 0 saturated heterocycles. The van der Waals surface area contributed by atoms with Gasteiger partial charge in [0, 0.05) is 16.9 Å². The maximum Gasteiger partial charge on any atom is 0.103 e. The smallest absolute Gasteiger partial charge is 0.103 e. The normalized spacial score (nSPS) is 12.5. The zero-order valence-corrected chi connectivity index (χ0v) is 13.5. The summed E-state index contributed by atoms with van der Waals surface area (Å²) in [5, 5.41) is 3.64. The van der Waals surface area contributed by atoms with E-state index in [-0.39, 0.29) is 0 Å². The van der Waals surface area contributed by atoms with Crippen LogP contribution in [-0.4, -0.2) is 12.6 Å². The number of benzene rings is 1. The van der Waals surface area contributed by atoms with E-state index in [0.29, 0.717) is 6.04 Å². The van der Waals surface area contributed by atoms with Crippen molar-refractivity contribution in [2.75, 3.05) is 6.54 Å². The van der Waals surface area contributed by atoms with Gasteiger partial charge in [-0.3, -0.25) is 0 Å². The molecule has 3 heteroatoms. The number of hydrogen-bond donors (Lipinski definition) is 1. The van der Waals surface area contributed by atoms with Crippen molar-refractivity contribution < 1.29 is 4.42 Å². The summed E-state index contributed by atoms with van der Waals surface area (Å²) < 4.78 is 6.57. The fourth-order valence-electron chi connectivity index (χ4n) is 2.34. The Kier molecular flexibility index (Phi) is 6.34. The minimum Gasteiger partial charge on any atom is -0.469 e.